The monoisotopic (exact) mass is 388 g/mol. The van der Waals surface area contributed by atoms with Crippen LogP contribution in [-0.2, 0) is 9.53 Å². The number of amides is 3. The quantitative estimate of drug-likeness (QED) is 0.657. The molecule has 0 spiro atoms. The summed E-state index contributed by atoms with van der Waals surface area (Å²) in [6.45, 7) is 2.76. The minimum absolute atomic E-state index is 0.153. The van der Waals surface area contributed by atoms with Crippen LogP contribution in [0.5, 0.6) is 0 Å². The van der Waals surface area contributed by atoms with Gasteiger partial charge in [-0.2, -0.15) is 0 Å². The number of rotatable bonds is 8. The van der Waals surface area contributed by atoms with Crippen LogP contribution in [-0.4, -0.2) is 59.0 Å². The number of hydrogen-bond donors (Lipinski definition) is 2. The highest BCUT2D eigenvalue weighted by Gasteiger charge is 2.38. The summed E-state index contributed by atoms with van der Waals surface area (Å²) >= 11 is 0. The Balaban J connectivity index is 1.74. The molecule has 1 saturated heterocycles. The average molecular weight is 388 g/mol. The van der Waals surface area contributed by atoms with Crippen LogP contribution in [0.1, 0.15) is 70.1 Å². The van der Waals surface area contributed by atoms with E-state index in [2.05, 4.69) is 5.32 Å². The zero-order valence-corrected chi connectivity index (χ0v) is 15.8. The van der Waals surface area contributed by atoms with Crippen LogP contribution in [0.15, 0.2) is 18.2 Å². The van der Waals surface area contributed by atoms with E-state index in [9.17, 15) is 24.3 Å². The molecule has 0 radical (unpaired) electrons. The number of carboxylic acids is 1. The van der Waals surface area contributed by atoms with E-state index in [-0.39, 0.29) is 29.3 Å². The highest BCUT2D eigenvalue weighted by Crippen LogP contribution is 2.26. The second-order valence-electron chi connectivity index (χ2n) is 7.12. The lowest BCUT2D eigenvalue weighted by Gasteiger charge is -2.17. The topological polar surface area (TPSA) is 113 Å². The zero-order chi connectivity index (χ0) is 20.3. The normalized spacial score (nSPS) is 19.6. The lowest BCUT2D eigenvalue weighted by Crippen LogP contribution is -2.40. The summed E-state index contributed by atoms with van der Waals surface area (Å²) < 4.78 is 5.50. The molecule has 2 N–H and O–H groups in total. The van der Waals surface area contributed by atoms with Crippen LogP contribution in [0.3, 0.4) is 0 Å². The summed E-state index contributed by atoms with van der Waals surface area (Å²) in [5.41, 5.74) is 0.568. The number of imide groups is 1. The number of fused-ring (bicyclic) bond motifs is 1. The molecule has 2 heterocycles. The molecule has 0 aromatic heterocycles. The lowest BCUT2D eigenvalue weighted by molar-refractivity contribution is -0.139. The van der Waals surface area contributed by atoms with Crippen molar-refractivity contribution in [3.05, 3.63) is 34.9 Å². The van der Waals surface area contributed by atoms with Crippen LogP contribution in [0.4, 0.5) is 0 Å². The molecule has 3 amide bonds. The maximum absolute atomic E-state index is 12.7. The molecule has 2 aliphatic heterocycles. The minimum atomic E-state index is -1.10. The molecule has 0 aliphatic carbocycles. The Morgan fingerprint density at radius 3 is 2.68 bits per heavy atom. The van der Waals surface area contributed by atoms with Crippen molar-refractivity contribution in [1.29, 1.82) is 0 Å². The second-order valence-corrected chi connectivity index (χ2v) is 7.12. The van der Waals surface area contributed by atoms with Gasteiger partial charge in [0, 0.05) is 12.2 Å². The van der Waals surface area contributed by atoms with E-state index in [4.69, 9.17) is 4.74 Å². The number of unbranched alkanes of at least 4 members (excludes halogenated alkanes) is 1. The SMILES string of the molecule is CCCC[C@H](NC(=O)c1ccc2c(c1)C(=O)N(CC1CCCO1)C2=O)C(=O)O. The Labute approximate surface area is 162 Å². The minimum Gasteiger partial charge on any atom is -0.480 e. The van der Waals surface area contributed by atoms with E-state index < -0.39 is 29.7 Å². The molecule has 0 saturated carbocycles. The molecule has 8 heteroatoms. The van der Waals surface area contributed by atoms with E-state index >= 15 is 0 Å². The van der Waals surface area contributed by atoms with Gasteiger partial charge in [0.05, 0.1) is 23.8 Å². The fourth-order valence-electron chi connectivity index (χ4n) is 3.50. The fraction of sp³-hybridized carbons (Fsp3) is 0.500. The summed E-state index contributed by atoms with van der Waals surface area (Å²) in [5, 5.41) is 11.8. The molecule has 3 rings (SSSR count). The molecule has 1 aromatic rings. The maximum atomic E-state index is 12.7. The lowest BCUT2D eigenvalue weighted by atomic mass is 10.0. The van der Waals surface area contributed by atoms with Crippen molar-refractivity contribution in [3.63, 3.8) is 0 Å². The zero-order valence-electron chi connectivity index (χ0n) is 15.8. The third-order valence-corrected chi connectivity index (χ3v) is 5.09. The number of hydrogen-bond acceptors (Lipinski definition) is 5. The summed E-state index contributed by atoms with van der Waals surface area (Å²) in [6.07, 6.45) is 3.37. The predicted octanol–water partition coefficient (Wildman–Crippen LogP) is 1.83. The highest BCUT2D eigenvalue weighted by molar-refractivity contribution is 6.22. The molecule has 1 aromatic carbocycles. The van der Waals surface area contributed by atoms with Gasteiger partial charge in [-0.25, -0.2) is 4.79 Å². The third kappa shape index (κ3) is 4.06. The molecular weight excluding hydrogens is 364 g/mol. The average Bonchev–Trinajstić information content (AvgIpc) is 3.27. The number of ether oxygens (including phenoxy) is 1. The van der Waals surface area contributed by atoms with Crippen molar-refractivity contribution < 1.29 is 29.0 Å². The molecule has 150 valence electrons. The summed E-state index contributed by atoms with van der Waals surface area (Å²) in [5.74, 6) is -2.53. The highest BCUT2D eigenvalue weighted by atomic mass is 16.5. The first-order chi connectivity index (χ1) is 13.4. The molecule has 2 aliphatic rings. The predicted molar refractivity (Wildman–Crippen MR) is 99.2 cm³/mol. The molecule has 28 heavy (non-hydrogen) atoms. The summed E-state index contributed by atoms with van der Waals surface area (Å²) in [4.78, 5) is 50.2. The third-order valence-electron chi connectivity index (χ3n) is 5.09. The maximum Gasteiger partial charge on any atom is 0.326 e. The van der Waals surface area contributed by atoms with E-state index in [1.165, 1.54) is 18.2 Å². The number of benzene rings is 1. The van der Waals surface area contributed by atoms with E-state index in [1.54, 1.807) is 0 Å². The van der Waals surface area contributed by atoms with Crippen LogP contribution in [0.25, 0.3) is 0 Å². The van der Waals surface area contributed by atoms with Crippen molar-refractivity contribution in [3.8, 4) is 0 Å². The number of carbonyl (C=O) groups is 4. The van der Waals surface area contributed by atoms with Gasteiger partial charge in [0.2, 0.25) is 0 Å². The first kappa shape index (κ1) is 20.0. The second kappa shape index (κ2) is 8.52. The van der Waals surface area contributed by atoms with Crippen LogP contribution in [0.2, 0.25) is 0 Å². The molecular formula is C20H24N2O6. The molecule has 0 bridgehead atoms. The van der Waals surface area contributed by atoms with Gasteiger partial charge in [0.1, 0.15) is 6.04 Å². The number of nitrogens with zero attached hydrogens (tertiary/aromatic N) is 1. The van der Waals surface area contributed by atoms with Crippen molar-refractivity contribution in [1.82, 2.24) is 10.2 Å². The van der Waals surface area contributed by atoms with Crippen LogP contribution < -0.4 is 5.32 Å². The summed E-state index contributed by atoms with van der Waals surface area (Å²) in [7, 11) is 0. The number of nitrogens with one attached hydrogen (secondary N) is 1. The molecule has 8 nitrogen and oxygen atoms in total. The largest absolute Gasteiger partial charge is 0.480 e. The Kier molecular flexibility index (Phi) is 6.08. The van der Waals surface area contributed by atoms with Crippen LogP contribution >= 0.6 is 0 Å². The van der Waals surface area contributed by atoms with Gasteiger partial charge >= 0.3 is 5.97 Å². The Morgan fingerprint density at radius 1 is 1.29 bits per heavy atom. The summed E-state index contributed by atoms with van der Waals surface area (Å²) in [6, 6.07) is 3.25. The molecule has 2 atom stereocenters. The van der Waals surface area contributed by atoms with Crippen molar-refractivity contribution in [2.45, 2.75) is 51.2 Å². The number of aliphatic carboxylic acids is 1. The van der Waals surface area contributed by atoms with E-state index in [1.807, 2.05) is 6.92 Å². The van der Waals surface area contributed by atoms with Gasteiger partial charge in [-0.3, -0.25) is 19.3 Å². The van der Waals surface area contributed by atoms with E-state index in [0.717, 1.165) is 24.2 Å². The Morgan fingerprint density at radius 2 is 2.04 bits per heavy atom. The van der Waals surface area contributed by atoms with Crippen LogP contribution in [0, 0.1) is 0 Å². The van der Waals surface area contributed by atoms with Gasteiger partial charge in [0.15, 0.2) is 0 Å². The number of carboxylic acid groups (broad SMARTS) is 1. The standard InChI is InChI=1S/C20H24N2O6/c1-2-3-6-16(20(26)27)21-17(23)12-7-8-14-15(10-12)19(25)22(18(14)24)11-13-5-4-9-28-13/h7-8,10,13,16H,2-6,9,11H2,1H3,(H,21,23)(H,26,27)/t13?,16-/m0/s1. The smallest absolute Gasteiger partial charge is 0.326 e. The van der Waals surface area contributed by atoms with Gasteiger partial charge in [0.25, 0.3) is 17.7 Å². The fourth-order valence-corrected chi connectivity index (χ4v) is 3.50. The van der Waals surface area contributed by atoms with E-state index in [0.29, 0.717) is 19.4 Å². The Hall–Kier alpha value is -2.74. The molecule has 1 unspecified atom stereocenters. The first-order valence-electron chi connectivity index (χ1n) is 9.58. The first-order valence-corrected chi connectivity index (χ1v) is 9.58. The molecule has 1 fully saturated rings. The van der Waals surface area contributed by atoms with Gasteiger partial charge in [-0.1, -0.05) is 19.8 Å². The van der Waals surface area contributed by atoms with Crippen molar-refractivity contribution >= 4 is 23.7 Å². The van der Waals surface area contributed by atoms with Gasteiger partial charge in [-0.15, -0.1) is 0 Å². The van der Waals surface area contributed by atoms with Gasteiger partial charge in [-0.05, 0) is 37.5 Å². The van der Waals surface area contributed by atoms with Gasteiger partial charge < -0.3 is 15.2 Å². The van der Waals surface area contributed by atoms with Crippen molar-refractivity contribution in [2.24, 2.45) is 0 Å². The number of carbonyl (C=O) groups excluding carboxylic acids is 3. The Bertz CT molecular complexity index is 800. The van der Waals surface area contributed by atoms with Crippen molar-refractivity contribution in [2.75, 3.05) is 13.2 Å².